The summed E-state index contributed by atoms with van der Waals surface area (Å²) in [5.74, 6) is -0.000850. The molecule has 0 bridgehead atoms. The zero-order valence-corrected chi connectivity index (χ0v) is 22.1. The van der Waals surface area contributed by atoms with E-state index in [1.54, 1.807) is 25.0 Å². The third-order valence-electron chi connectivity index (χ3n) is 6.35. The van der Waals surface area contributed by atoms with Crippen molar-refractivity contribution in [2.45, 2.75) is 39.3 Å². The molecule has 0 aliphatic carbocycles. The summed E-state index contributed by atoms with van der Waals surface area (Å²) in [4.78, 5) is 24.7. The fourth-order valence-corrected chi connectivity index (χ4v) is 4.70. The van der Waals surface area contributed by atoms with Gasteiger partial charge in [-0.25, -0.2) is 0 Å². The van der Waals surface area contributed by atoms with Gasteiger partial charge in [0.1, 0.15) is 11.5 Å². The number of benzene rings is 3. The van der Waals surface area contributed by atoms with E-state index in [9.17, 15) is 14.7 Å². The molecule has 4 aromatic rings. The largest absolute Gasteiger partial charge is 0.496 e. The number of aromatic nitrogens is 2. The lowest BCUT2D eigenvalue weighted by Crippen LogP contribution is -2.37. The van der Waals surface area contributed by atoms with Crippen LogP contribution < -0.4 is 14.8 Å². The van der Waals surface area contributed by atoms with Gasteiger partial charge >= 0.3 is 5.97 Å². The Balaban J connectivity index is 1.76. The molecule has 0 fully saturated rings. The van der Waals surface area contributed by atoms with Crippen LogP contribution in [0.1, 0.15) is 42.7 Å². The second-order valence-corrected chi connectivity index (χ2v) is 9.69. The molecule has 3 aromatic carbocycles. The molecule has 1 aromatic heterocycles. The summed E-state index contributed by atoms with van der Waals surface area (Å²) in [7, 11) is 3.16. The molecule has 0 saturated carbocycles. The van der Waals surface area contributed by atoms with Gasteiger partial charge < -0.3 is 19.9 Å². The lowest BCUT2D eigenvalue weighted by atomic mass is 10.0. The molecule has 0 saturated heterocycles. The highest BCUT2D eigenvalue weighted by Crippen LogP contribution is 2.39. The van der Waals surface area contributed by atoms with Crippen molar-refractivity contribution in [3.05, 3.63) is 78.0 Å². The van der Waals surface area contributed by atoms with E-state index in [1.807, 2.05) is 50.2 Å². The topological polar surface area (TPSA) is 103 Å². The number of carbonyl (C=O) groups is 2. The van der Waals surface area contributed by atoms with E-state index in [0.29, 0.717) is 35.7 Å². The molecular weight excluding hydrogens is 482 g/mol. The molecule has 8 heteroatoms. The number of ether oxygens (including phenoxy) is 2. The summed E-state index contributed by atoms with van der Waals surface area (Å²) >= 11 is 0. The summed E-state index contributed by atoms with van der Waals surface area (Å²) < 4.78 is 13.0. The molecule has 2 N–H and O–H groups in total. The van der Waals surface area contributed by atoms with Crippen LogP contribution >= 0.6 is 0 Å². The number of aliphatic carboxylic acids is 1. The predicted octanol–water partition coefficient (Wildman–Crippen LogP) is 5.39. The number of hydrogen-bond donors (Lipinski definition) is 2. The van der Waals surface area contributed by atoms with Crippen molar-refractivity contribution in [1.29, 1.82) is 0 Å². The van der Waals surface area contributed by atoms with Crippen molar-refractivity contribution < 1.29 is 24.2 Å². The third kappa shape index (κ3) is 6.14. The molecule has 198 valence electrons. The highest BCUT2D eigenvalue weighted by atomic mass is 16.5. The van der Waals surface area contributed by atoms with Crippen LogP contribution in [0.3, 0.4) is 0 Å². The highest BCUT2D eigenvalue weighted by molar-refractivity contribution is 5.94. The number of hydrogen-bond acceptors (Lipinski definition) is 5. The van der Waals surface area contributed by atoms with Crippen molar-refractivity contribution in [1.82, 2.24) is 15.1 Å². The Labute approximate surface area is 222 Å². The average molecular weight is 516 g/mol. The Kier molecular flexibility index (Phi) is 8.31. The Morgan fingerprint density at radius 3 is 2.26 bits per heavy atom. The summed E-state index contributed by atoms with van der Waals surface area (Å²) in [6, 6.07) is 21.0. The summed E-state index contributed by atoms with van der Waals surface area (Å²) in [5.41, 5.74) is 2.52. The van der Waals surface area contributed by atoms with Gasteiger partial charge in [-0.1, -0.05) is 56.3 Å². The lowest BCUT2D eigenvalue weighted by molar-refractivity contribution is -0.137. The van der Waals surface area contributed by atoms with Crippen LogP contribution in [-0.2, 0) is 11.3 Å². The first-order valence-electron chi connectivity index (χ1n) is 12.6. The van der Waals surface area contributed by atoms with Gasteiger partial charge in [0.15, 0.2) is 5.69 Å². The van der Waals surface area contributed by atoms with Gasteiger partial charge in [0.05, 0.1) is 38.4 Å². The molecule has 1 unspecified atom stereocenters. The number of methoxy groups -OCH3 is 2. The molecule has 4 rings (SSSR count). The zero-order valence-electron chi connectivity index (χ0n) is 22.1. The minimum Gasteiger partial charge on any atom is -0.496 e. The number of nitrogens with one attached hydrogen (secondary N) is 1. The quantitative estimate of drug-likeness (QED) is 0.278. The van der Waals surface area contributed by atoms with Crippen molar-refractivity contribution in [3.63, 3.8) is 0 Å². The number of rotatable bonds is 11. The number of carbonyl (C=O) groups excluding carboxylic acids is 1. The lowest BCUT2D eigenvalue weighted by Gasteiger charge is -2.18. The predicted molar refractivity (Wildman–Crippen MR) is 147 cm³/mol. The SMILES string of the molecule is COc1cccc(OC)c1-c1cc(C(=O)NC(CC(=O)O)CC(C)C)nn1Cc1ccc2ccccc2c1. The Hall–Kier alpha value is -4.33. The van der Waals surface area contributed by atoms with Crippen LogP contribution in [0.2, 0.25) is 0 Å². The van der Waals surface area contributed by atoms with Crippen LogP contribution in [0.15, 0.2) is 66.7 Å². The van der Waals surface area contributed by atoms with Gasteiger partial charge in [-0.05, 0) is 52.9 Å². The molecule has 1 heterocycles. The maximum atomic E-state index is 13.3. The highest BCUT2D eigenvalue weighted by Gasteiger charge is 2.24. The van der Waals surface area contributed by atoms with E-state index < -0.39 is 17.9 Å². The molecule has 0 radical (unpaired) electrons. The third-order valence-corrected chi connectivity index (χ3v) is 6.35. The fourth-order valence-electron chi connectivity index (χ4n) is 4.70. The minimum atomic E-state index is -0.961. The first-order valence-corrected chi connectivity index (χ1v) is 12.6. The van der Waals surface area contributed by atoms with Crippen LogP contribution in [-0.4, -0.2) is 47.0 Å². The van der Waals surface area contributed by atoms with Gasteiger partial charge in [-0.15, -0.1) is 0 Å². The second kappa shape index (κ2) is 11.8. The van der Waals surface area contributed by atoms with Gasteiger partial charge in [0, 0.05) is 6.04 Å². The van der Waals surface area contributed by atoms with E-state index in [0.717, 1.165) is 16.3 Å². The minimum absolute atomic E-state index is 0.158. The first kappa shape index (κ1) is 26.7. The smallest absolute Gasteiger partial charge is 0.305 e. The number of amides is 1. The van der Waals surface area contributed by atoms with Gasteiger partial charge in [-0.2, -0.15) is 5.10 Å². The molecule has 1 amide bonds. The van der Waals surface area contributed by atoms with Crippen molar-refractivity contribution in [3.8, 4) is 22.8 Å². The van der Waals surface area contributed by atoms with E-state index in [1.165, 1.54) is 0 Å². The van der Waals surface area contributed by atoms with Gasteiger partial charge in [0.25, 0.3) is 5.91 Å². The fraction of sp³-hybridized carbons (Fsp3) is 0.300. The molecule has 38 heavy (non-hydrogen) atoms. The zero-order chi connectivity index (χ0) is 27.2. The second-order valence-electron chi connectivity index (χ2n) is 9.69. The number of nitrogens with zero attached hydrogens (tertiary/aromatic N) is 2. The van der Waals surface area contributed by atoms with E-state index in [4.69, 9.17) is 9.47 Å². The Morgan fingerprint density at radius 1 is 0.947 bits per heavy atom. The van der Waals surface area contributed by atoms with Crippen molar-refractivity contribution in [2.75, 3.05) is 14.2 Å². The molecule has 0 aliphatic heterocycles. The van der Waals surface area contributed by atoms with Crippen LogP contribution in [0.4, 0.5) is 0 Å². The number of carboxylic acids is 1. The standard InChI is InChI=1S/C30H33N3O5/c1-19(2)14-23(16-28(34)35)31-30(36)24-17-25(29-26(37-3)10-7-11-27(29)38-4)33(32-24)18-20-12-13-21-8-5-6-9-22(21)15-20/h5-13,15,17,19,23H,14,16,18H2,1-4H3,(H,31,36)(H,34,35). The molecule has 0 spiro atoms. The van der Waals surface area contributed by atoms with Crippen molar-refractivity contribution in [2.24, 2.45) is 5.92 Å². The van der Waals surface area contributed by atoms with E-state index in [2.05, 4.69) is 34.7 Å². The molecule has 1 atom stereocenters. The summed E-state index contributed by atoms with van der Waals surface area (Å²) in [5, 5.41) is 19.1. The summed E-state index contributed by atoms with van der Waals surface area (Å²) in [6.07, 6.45) is 0.387. The van der Waals surface area contributed by atoms with Gasteiger partial charge in [0.2, 0.25) is 0 Å². The van der Waals surface area contributed by atoms with Crippen LogP contribution in [0, 0.1) is 5.92 Å². The van der Waals surface area contributed by atoms with Crippen LogP contribution in [0.25, 0.3) is 22.0 Å². The van der Waals surface area contributed by atoms with E-state index >= 15 is 0 Å². The summed E-state index contributed by atoms with van der Waals surface area (Å²) in [6.45, 7) is 4.38. The van der Waals surface area contributed by atoms with Crippen molar-refractivity contribution >= 4 is 22.6 Å². The number of fused-ring (bicyclic) bond motifs is 1. The maximum Gasteiger partial charge on any atom is 0.305 e. The van der Waals surface area contributed by atoms with E-state index in [-0.39, 0.29) is 18.0 Å². The Bertz CT molecular complexity index is 1420. The molecule has 0 aliphatic rings. The number of carboxylic acid groups (broad SMARTS) is 1. The normalized spacial score (nSPS) is 11.9. The Morgan fingerprint density at radius 2 is 1.63 bits per heavy atom. The molecule has 8 nitrogen and oxygen atoms in total. The average Bonchev–Trinajstić information content (AvgIpc) is 3.30. The monoisotopic (exact) mass is 515 g/mol. The van der Waals surface area contributed by atoms with Crippen LogP contribution in [0.5, 0.6) is 11.5 Å². The first-order chi connectivity index (χ1) is 18.3. The molecular formula is C30H33N3O5. The maximum absolute atomic E-state index is 13.3. The van der Waals surface area contributed by atoms with Gasteiger partial charge in [-0.3, -0.25) is 14.3 Å².